The summed E-state index contributed by atoms with van der Waals surface area (Å²) in [4.78, 5) is 20.7. The van der Waals surface area contributed by atoms with E-state index in [0.717, 1.165) is 16.9 Å². The minimum absolute atomic E-state index is 0.271. The summed E-state index contributed by atoms with van der Waals surface area (Å²) in [5, 5.41) is 6.01. The Balaban J connectivity index is 1.65. The van der Waals surface area contributed by atoms with Gasteiger partial charge in [0.05, 0.1) is 12.4 Å². The lowest BCUT2D eigenvalue weighted by Gasteiger charge is -2.09. The van der Waals surface area contributed by atoms with Gasteiger partial charge in [-0.2, -0.15) is 0 Å². The van der Waals surface area contributed by atoms with Gasteiger partial charge in [0, 0.05) is 11.4 Å². The first-order valence-electron chi connectivity index (χ1n) is 8.58. The lowest BCUT2D eigenvalue weighted by molar-refractivity contribution is 0.102. The summed E-state index contributed by atoms with van der Waals surface area (Å²) in [5.74, 6) is 0.806. The number of aryl methyl sites for hydroxylation is 1. The maximum absolute atomic E-state index is 12.3. The zero-order valence-corrected chi connectivity index (χ0v) is 15.2. The molecule has 0 atom stereocenters. The SMILES string of the molecule is Cc1cccc(NC(=O)c2cnc(Nc3ccc(C(C)C)cc3)cn2)c1. The molecule has 2 N–H and O–H groups in total. The van der Waals surface area contributed by atoms with Crippen LogP contribution in [-0.4, -0.2) is 15.9 Å². The molecule has 26 heavy (non-hydrogen) atoms. The molecule has 0 aliphatic carbocycles. The van der Waals surface area contributed by atoms with E-state index in [9.17, 15) is 4.79 Å². The second kappa shape index (κ2) is 7.78. The summed E-state index contributed by atoms with van der Waals surface area (Å²) in [6.45, 7) is 6.30. The van der Waals surface area contributed by atoms with Gasteiger partial charge in [0.2, 0.25) is 0 Å². The van der Waals surface area contributed by atoms with E-state index in [2.05, 4.69) is 46.6 Å². The first-order chi connectivity index (χ1) is 12.5. The molecule has 5 nitrogen and oxygen atoms in total. The Morgan fingerprint density at radius 2 is 1.73 bits per heavy atom. The van der Waals surface area contributed by atoms with Crippen LogP contribution in [0.25, 0.3) is 0 Å². The van der Waals surface area contributed by atoms with Gasteiger partial charge in [0.15, 0.2) is 0 Å². The number of carbonyl (C=O) groups is 1. The number of nitrogens with zero attached hydrogens (tertiary/aromatic N) is 2. The van der Waals surface area contributed by atoms with E-state index in [1.54, 1.807) is 6.20 Å². The second-order valence-electron chi connectivity index (χ2n) is 6.51. The fraction of sp³-hybridized carbons (Fsp3) is 0.190. The highest BCUT2D eigenvalue weighted by molar-refractivity contribution is 6.02. The zero-order chi connectivity index (χ0) is 18.5. The Bertz CT molecular complexity index is 887. The van der Waals surface area contributed by atoms with Gasteiger partial charge >= 0.3 is 0 Å². The van der Waals surface area contributed by atoms with E-state index in [4.69, 9.17) is 0 Å². The van der Waals surface area contributed by atoms with Crippen molar-refractivity contribution in [1.82, 2.24) is 9.97 Å². The van der Waals surface area contributed by atoms with Crippen molar-refractivity contribution in [2.24, 2.45) is 0 Å². The number of hydrogen-bond donors (Lipinski definition) is 2. The van der Waals surface area contributed by atoms with Crippen molar-refractivity contribution in [3.05, 3.63) is 77.7 Å². The number of rotatable bonds is 5. The Labute approximate surface area is 153 Å². The van der Waals surface area contributed by atoms with Gasteiger partial charge in [-0.15, -0.1) is 0 Å². The molecule has 0 spiro atoms. The molecule has 3 rings (SSSR count). The smallest absolute Gasteiger partial charge is 0.275 e. The van der Waals surface area contributed by atoms with Crippen molar-refractivity contribution in [1.29, 1.82) is 0 Å². The first-order valence-corrected chi connectivity index (χ1v) is 8.58. The van der Waals surface area contributed by atoms with Crippen molar-refractivity contribution in [3.8, 4) is 0 Å². The van der Waals surface area contributed by atoms with E-state index in [0.29, 0.717) is 11.7 Å². The molecule has 3 aromatic rings. The highest BCUT2D eigenvalue weighted by Gasteiger charge is 2.09. The van der Waals surface area contributed by atoms with Crippen LogP contribution in [0.2, 0.25) is 0 Å². The van der Waals surface area contributed by atoms with Crippen LogP contribution in [0.15, 0.2) is 60.9 Å². The average Bonchev–Trinajstić information content (AvgIpc) is 2.63. The predicted octanol–water partition coefficient (Wildman–Crippen LogP) is 4.90. The molecule has 0 bridgehead atoms. The fourth-order valence-electron chi connectivity index (χ4n) is 2.53. The minimum atomic E-state index is -0.282. The maximum Gasteiger partial charge on any atom is 0.275 e. The quantitative estimate of drug-likeness (QED) is 0.689. The van der Waals surface area contributed by atoms with Gasteiger partial charge in [0.25, 0.3) is 5.91 Å². The third-order valence-electron chi connectivity index (χ3n) is 4.01. The van der Waals surface area contributed by atoms with E-state index < -0.39 is 0 Å². The fourth-order valence-corrected chi connectivity index (χ4v) is 2.53. The molecule has 0 radical (unpaired) electrons. The normalized spacial score (nSPS) is 10.6. The standard InChI is InChI=1S/C21H22N4O/c1-14(2)16-7-9-17(10-8-16)24-20-13-22-19(12-23-20)21(26)25-18-6-4-5-15(3)11-18/h4-14H,1-3H3,(H,23,24)(H,25,26). The minimum Gasteiger partial charge on any atom is -0.339 e. The predicted molar refractivity (Wildman–Crippen MR) is 105 cm³/mol. The molecule has 1 aromatic heterocycles. The van der Waals surface area contributed by atoms with E-state index in [1.165, 1.54) is 11.8 Å². The van der Waals surface area contributed by atoms with Crippen LogP contribution in [-0.2, 0) is 0 Å². The molecule has 0 aliphatic heterocycles. The summed E-state index contributed by atoms with van der Waals surface area (Å²) in [6.07, 6.45) is 3.03. The zero-order valence-electron chi connectivity index (χ0n) is 15.2. The van der Waals surface area contributed by atoms with Crippen LogP contribution in [0.4, 0.5) is 17.2 Å². The van der Waals surface area contributed by atoms with E-state index in [-0.39, 0.29) is 11.6 Å². The van der Waals surface area contributed by atoms with Gasteiger partial charge < -0.3 is 10.6 Å². The molecule has 0 fully saturated rings. The number of aromatic nitrogens is 2. The summed E-state index contributed by atoms with van der Waals surface area (Å²) < 4.78 is 0. The van der Waals surface area contributed by atoms with Crippen LogP contribution < -0.4 is 10.6 Å². The molecule has 0 saturated heterocycles. The number of benzene rings is 2. The third-order valence-corrected chi connectivity index (χ3v) is 4.01. The molecule has 132 valence electrons. The van der Waals surface area contributed by atoms with Crippen molar-refractivity contribution < 1.29 is 4.79 Å². The number of amides is 1. The topological polar surface area (TPSA) is 66.9 Å². The van der Waals surface area contributed by atoms with Crippen LogP contribution in [0, 0.1) is 6.92 Å². The third kappa shape index (κ3) is 4.45. The first kappa shape index (κ1) is 17.6. The van der Waals surface area contributed by atoms with Crippen molar-refractivity contribution >= 4 is 23.1 Å². The Kier molecular flexibility index (Phi) is 5.27. The van der Waals surface area contributed by atoms with Gasteiger partial charge in [-0.3, -0.25) is 4.79 Å². The van der Waals surface area contributed by atoms with Gasteiger partial charge in [-0.25, -0.2) is 9.97 Å². The molecule has 5 heteroatoms. The van der Waals surface area contributed by atoms with Crippen molar-refractivity contribution in [2.45, 2.75) is 26.7 Å². The molecular formula is C21H22N4O. The van der Waals surface area contributed by atoms with Crippen LogP contribution in [0.3, 0.4) is 0 Å². The number of nitrogens with one attached hydrogen (secondary N) is 2. The summed E-state index contributed by atoms with van der Waals surface area (Å²) in [7, 11) is 0. The van der Waals surface area contributed by atoms with Crippen LogP contribution in [0.1, 0.15) is 41.4 Å². The number of carbonyl (C=O) groups excluding carboxylic acids is 1. The summed E-state index contributed by atoms with van der Waals surface area (Å²) in [5.41, 5.74) is 4.30. The van der Waals surface area contributed by atoms with E-state index >= 15 is 0 Å². The number of anilines is 3. The lowest BCUT2D eigenvalue weighted by atomic mass is 10.0. The van der Waals surface area contributed by atoms with Gasteiger partial charge in [-0.1, -0.05) is 38.1 Å². The molecule has 0 unspecified atom stereocenters. The van der Waals surface area contributed by atoms with Gasteiger partial charge in [0.1, 0.15) is 11.5 Å². The molecule has 2 aromatic carbocycles. The molecule has 1 heterocycles. The van der Waals surface area contributed by atoms with Crippen molar-refractivity contribution in [3.63, 3.8) is 0 Å². The largest absolute Gasteiger partial charge is 0.339 e. The second-order valence-corrected chi connectivity index (χ2v) is 6.51. The van der Waals surface area contributed by atoms with Crippen LogP contribution >= 0.6 is 0 Å². The number of hydrogen-bond acceptors (Lipinski definition) is 4. The molecule has 0 aliphatic rings. The van der Waals surface area contributed by atoms with E-state index in [1.807, 2.05) is 43.3 Å². The monoisotopic (exact) mass is 346 g/mol. The van der Waals surface area contributed by atoms with Crippen molar-refractivity contribution in [2.75, 3.05) is 10.6 Å². The average molecular weight is 346 g/mol. The lowest BCUT2D eigenvalue weighted by Crippen LogP contribution is -2.14. The maximum atomic E-state index is 12.3. The van der Waals surface area contributed by atoms with Gasteiger partial charge in [-0.05, 0) is 48.2 Å². The highest BCUT2D eigenvalue weighted by atomic mass is 16.1. The Morgan fingerprint density at radius 3 is 2.35 bits per heavy atom. The summed E-state index contributed by atoms with van der Waals surface area (Å²) in [6, 6.07) is 15.8. The molecule has 1 amide bonds. The van der Waals surface area contributed by atoms with Crippen LogP contribution in [0.5, 0.6) is 0 Å². The highest BCUT2D eigenvalue weighted by Crippen LogP contribution is 2.19. The molecule has 0 saturated carbocycles. The molecular weight excluding hydrogens is 324 g/mol. The summed E-state index contributed by atoms with van der Waals surface area (Å²) >= 11 is 0. The Morgan fingerprint density at radius 1 is 0.962 bits per heavy atom. The Hall–Kier alpha value is -3.21.